The molecular weight excluding hydrogens is 288 g/mol. The third-order valence-corrected chi connectivity index (χ3v) is 7.20. The molecule has 0 bridgehead atoms. The molecule has 3 rings (SSSR count). The molecule has 4 atom stereocenters. The fourth-order valence-corrected chi connectivity index (χ4v) is 5.55. The Morgan fingerprint density at radius 3 is 2.70 bits per heavy atom. The van der Waals surface area contributed by atoms with Crippen molar-refractivity contribution in [2.75, 3.05) is 0 Å². The Balaban J connectivity index is 1.95. The molecule has 1 N–H and O–H groups in total. The Bertz CT molecular complexity index is 574. The molecule has 0 aliphatic heterocycles. The zero-order valence-electron chi connectivity index (χ0n) is 14.9. The predicted octanol–water partition coefficient (Wildman–Crippen LogP) is 4.38. The van der Waals surface area contributed by atoms with Gasteiger partial charge in [-0.15, -0.1) is 0 Å². The van der Waals surface area contributed by atoms with Crippen LogP contribution in [0.1, 0.15) is 65.4 Å². The van der Waals surface area contributed by atoms with Crippen LogP contribution < -0.4 is 0 Å². The van der Waals surface area contributed by atoms with Gasteiger partial charge in [-0.2, -0.15) is 0 Å². The summed E-state index contributed by atoms with van der Waals surface area (Å²) in [6.45, 7) is 8.71. The summed E-state index contributed by atoms with van der Waals surface area (Å²) in [4.78, 5) is 12.7. The number of Topliss-reactive ketones (excluding diaryl/α,β-unsaturated/α-hetero) is 1. The molecule has 2 saturated carbocycles. The summed E-state index contributed by atoms with van der Waals surface area (Å²) >= 11 is 0. The van der Waals surface area contributed by atoms with Crippen LogP contribution in [0.5, 0.6) is 0 Å². The van der Waals surface area contributed by atoms with Gasteiger partial charge in [0.15, 0.2) is 0 Å². The third-order valence-electron chi connectivity index (χ3n) is 7.20. The zero-order chi connectivity index (χ0) is 16.9. The van der Waals surface area contributed by atoms with Crippen molar-refractivity contribution in [3.63, 3.8) is 0 Å². The van der Waals surface area contributed by atoms with E-state index >= 15 is 0 Å². The van der Waals surface area contributed by atoms with E-state index in [1.807, 2.05) is 13.0 Å². The minimum atomic E-state index is -0.929. The monoisotopic (exact) mass is 318 g/mol. The quantitative estimate of drug-likeness (QED) is 0.899. The number of aliphatic hydroxyl groups is 1. The number of aryl methyl sites for hydroxylation is 1. The molecule has 0 aromatic carbocycles. The van der Waals surface area contributed by atoms with Crippen LogP contribution in [-0.4, -0.2) is 16.5 Å². The summed E-state index contributed by atoms with van der Waals surface area (Å²) in [6, 6.07) is 1.95. The van der Waals surface area contributed by atoms with Crippen LogP contribution in [-0.2, 0) is 11.2 Å². The SMILES string of the molecule is C[C@H]1C(=O)C[C@@H]2C(C)(C)CCC[C@]2(C)[C@]1(O)CCc1ccoc1. The molecule has 0 spiro atoms. The van der Waals surface area contributed by atoms with Gasteiger partial charge in [0, 0.05) is 17.8 Å². The zero-order valence-corrected chi connectivity index (χ0v) is 14.9. The Hall–Kier alpha value is -1.09. The average Bonchev–Trinajstić information content (AvgIpc) is 2.99. The van der Waals surface area contributed by atoms with Gasteiger partial charge in [-0.1, -0.05) is 34.1 Å². The first-order valence-corrected chi connectivity index (χ1v) is 8.97. The molecular formula is C20H30O3. The van der Waals surface area contributed by atoms with Crippen molar-refractivity contribution in [2.24, 2.45) is 22.7 Å². The van der Waals surface area contributed by atoms with Crippen molar-refractivity contribution in [3.8, 4) is 0 Å². The molecule has 0 saturated heterocycles. The van der Waals surface area contributed by atoms with E-state index in [1.54, 1.807) is 12.5 Å². The lowest BCUT2D eigenvalue weighted by atomic mass is 9.44. The number of rotatable bonds is 3. The van der Waals surface area contributed by atoms with Gasteiger partial charge in [0.05, 0.1) is 18.1 Å². The minimum absolute atomic E-state index is 0.117. The van der Waals surface area contributed by atoms with E-state index in [1.165, 1.54) is 0 Å². The number of furan rings is 1. The number of hydrogen-bond donors (Lipinski definition) is 1. The van der Waals surface area contributed by atoms with Crippen LogP contribution in [0.4, 0.5) is 0 Å². The molecule has 2 aliphatic carbocycles. The maximum Gasteiger partial charge on any atom is 0.138 e. The molecule has 3 heteroatoms. The molecule has 128 valence electrons. The van der Waals surface area contributed by atoms with Crippen molar-refractivity contribution in [1.29, 1.82) is 0 Å². The van der Waals surface area contributed by atoms with Crippen molar-refractivity contribution in [1.82, 2.24) is 0 Å². The van der Waals surface area contributed by atoms with E-state index < -0.39 is 5.60 Å². The van der Waals surface area contributed by atoms with Crippen molar-refractivity contribution in [3.05, 3.63) is 24.2 Å². The fourth-order valence-electron chi connectivity index (χ4n) is 5.55. The Labute approximate surface area is 139 Å². The van der Waals surface area contributed by atoms with E-state index in [0.717, 1.165) is 31.2 Å². The second kappa shape index (κ2) is 5.47. The van der Waals surface area contributed by atoms with Gasteiger partial charge in [-0.25, -0.2) is 0 Å². The first-order chi connectivity index (χ1) is 10.7. The van der Waals surface area contributed by atoms with Crippen molar-refractivity contribution in [2.45, 2.75) is 71.8 Å². The molecule has 0 unspecified atom stereocenters. The average molecular weight is 318 g/mol. The first kappa shape index (κ1) is 16.8. The second-order valence-corrected chi connectivity index (χ2v) is 8.76. The molecule has 0 amide bonds. The molecule has 1 aromatic heterocycles. The highest BCUT2D eigenvalue weighted by Crippen LogP contribution is 2.62. The lowest BCUT2D eigenvalue weighted by molar-refractivity contribution is -0.208. The van der Waals surface area contributed by atoms with Gasteiger partial charge in [-0.3, -0.25) is 4.79 Å². The smallest absolute Gasteiger partial charge is 0.138 e. The maximum absolute atomic E-state index is 12.7. The summed E-state index contributed by atoms with van der Waals surface area (Å²) in [5, 5.41) is 11.7. The van der Waals surface area contributed by atoms with E-state index in [2.05, 4.69) is 20.8 Å². The molecule has 23 heavy (non-hydrogen) atoms. The predicted molar refractivity (Wildman–Crippen MR) is 90.0 cm³/mol. The Morgan fingerprint density at radius 1 is 1.30 bits per heavy atom. The maximum atomic E-state index is 12.7. The number of carbonyl (C=O) groups excluding carboxylic acids is 1. The van der Waals surface area contributed by atoms with Crippen LogP contribution in [0.3, 0.4) is 0 Å². The normalized spacial score (nSPS) is 40.0. The topological polar surface area (TPSA) is 50.4 Å². The van der Waals surface area contributed by atoms with E-state index in [9.17, 15) is 9.90 Å². The van der Waals surface area contributed by atoms with Crippen LogP contribution >= 0.6 is 0 Å². The van der Waals surface area contributed by atoms with Gasteiger partial charge >= 0.3 is 0 Å². The Kier molecular flexibility index (Phi) is 3.99. The lowest BCUT2D eigenvalue weighted by Gasteiger charge is -2.62. The molecule has 1 heterocycles. The van der Waals surface area contributed by atoms with E-state index in [-0.39, 0.29) is 28.4 Å². The molecule has 1 aromatic rings. The molecule has 2 aliphatic rings. The van der Waals surface area contributed by atoms with Crippen molar-refractivity contribution >= 4 is 5.78 Å². The van der Waals surface area contributed by atoms with Gasteiger partial charge in [0.25, 0.3) is 0 Å². The Morgan fingerprint density at radius 2 is 2.04 bits per heavy atom. The number of carbonyl (C=O) groups is 1. The molecule has 3 nitrogen and oxygen atoms in total. The summed E-state index contributed by atoms with van der Waals surface area (Å²) in [5.41, 5.74) is 0.0964. The van der Waals surface area contributed by atoms with Crippen LogP contribution in [0.2, 0.25) is 0 Å². The summed E-state index contributed by atoms with van der Waals surface area (Å²) in [5.74, 6) is 0.212. The summed E-state index contributed by atoms with van der Waals surface area (Å²) in [7, 11) is 0. The summed E-state index contributed by atoms with van der Waals surface area (Å²) in [6.07, 6.45) is 8.71. The standard InChI is InChI=1S/C20H30O3/c1-14-16(21)12-17-18(2,3)8-5-9-19(17,4)20(14,22)10-6-15-7-11-23-13-15/h7,11,13-14,17,22H,5-6,8-10,12H2,1-4H3/t14-,17+,19-,20-/m0/s1. The van der Waals surface area contributed by atoms with Gasteiger partial charge < -0.3 is 9.52 Å². The first-order valence-electron chi connectivity index (χ1n) is 8.97. The van der Waals surface area contributed by atoms with Gasteiger partial charge in [0.1, 0.15) is 5.78 Å². The van der Waals surface area contributed by atoms with Gasteiger partial charge in [-0.05, 0) is 48.6 Å². The van der Waals surface area contributed by atoms with Crippen molar-refractivity contribution < 1.29 is 14.3 Å². The number of ketones is 1. The fraction of sp³-hybridized carbons (Fsp3) is 0.750. The highest BCUT2D eigenvalue weighted by Gasteiger charge is 2.63. The van der Waals surface area contributed by atoms with Crippen LogP contribution in [0.25, 0.3) is 0 Å². The number of fused-ring (bicyclic) bond motifs is 1. The molecule has 2 fully saturated rings. The number of hydrogen-bond acceptors (Lipinski definition) is 3. The van der Waals surface area contributed by atoms with Crippen LogP contribution in [0, 0.1) is 22.7 Å². The summed E-state index contributed by atoms with van der Waals surface area (Å²) < 4.78 is 5.15. The highest BCUT2D eigenvalue weighted by molar-refractivity contribution is 5.83. The third kappa shape index (κ3) is 2.48. The lowest BCUT2D eigenvalue weighted by Crippen LogP contribution is -2.64. The highest BCUT2D eigenvalue weighted by atomic mass is 16.3. The largest absolute Gasteiger partial charge is 0.472 e. The van der Waals surface area contributed by atoms with E-state index in [4.69, 9.17) is 4.42 Å². The van der Waals surface area contributed by atoms with E-state index in [0.29, 0.717) is 12.8 Å². The van der Waals surface area contributed by atoms with Crippen LogP contribution in [0.15, 0.2) is 23.0 Å². The van der Waals surface area contributed by atoms with Gasteiger partial charge in [0.2, 0.25) is 0 Å². The second-order valence-electron chi connectivity index (χ2n) is 8.76. The minimum Gasteiger partial charge on any atom is -0.472 e. The molecule has 0 radical (unpaired) electrons.